The number of benzene rings is 1. The normalized spacial score (nSPS) is 10.6. The maximum Gasteiger partial charge on any atom is 0.231 e. The molecule has 1 aromatic carbocycles. The van der Waals surface area contributed by atoms with E-state index in [0.717, 1.165) is 22.3 Å². The van der Waals surface area contributed by atoms with Gasteiger partial charge in [0.2, 0.25) is 12.3 Å². The van der Waals surface area contributed by atoms with Gasteiger partial charge in [-0.15, -0.1) is 0 Å². The Kier molecular flexibility index (Phi) is 3.89. The Labute approximate surface area is 119 Å². The van der Waals surface area contributed by atoms with Gasteiger partial charge in [0.25, 0.3) is 0 Å². The molecule has 2 aromatic rings. The molecule has 3 nitrogen and oxygen atoms in total. The number of nitrogens with zero attached hydrogens (tertiary/aromatic N) is 1. The van der Waals surface area contributed by atoms with Crippen molar-refractivity contribution in [1.29, 1.82) is 0 Å². The van der Waals surface area contributed by atoms with Crippen LogP contribution in [0.4, 0.5) is 0 Å². The topological polar surface area (TPSA) is 41.2 Å². The first-order valence-electron chi connectivity index (χ1n) is 6.70. The third-order valence-corrected chi connectivity index (χ3v) is 4.04. The molecule has 0 saturated heterocycles. The summed E-state index contributed by atoms with van der Waals surface area (Å²) in [5.74, 6) is 0.0505. The van der Waals surface area contributed by atoms with Crippen LogP contribution < -0.4 is 4.57 Å². The van der Waals surface area contributed by atoms with Crippen molar-refractivity contribution >= 4 is 5.78 Å². The molecule has 0 spiro atoms. The van der Waals surface area contributed by atoms with Gasteiger partial charge in [-0.05, 0) is 49.9 Å². The summed E-state index contributed by atoms with van der Waals surface area (Å²) in [5.41, 5.74) is 4.22. The lowest BCUT2D eigenvalue weighted by Crippen LogP contribution is -2.37. The zero-order valence-corrected chi connectivity index (χ0v) is 12.4. The maximum absolute atomic E-state index is 12.5. The van der Waals surface area contributed by atoms with Gasteiger partial charge < -0.3 is 5.11 Å². The standard InChI is InChI=1S/C17H19NO2/c1-11-12(2)14(4)17(20)16(13(11)3)15(19)10-18-8-6-5-7-9-18/h5-9H,10H2,1-4H3/p+1. The van der Waals surface area contributed by atoms with Crippen LogP contribution in [0.5, 0.6) is 5.75 Å². The Morgan fingerprint density at radius 1 is 0.950 bits per heavy atom. The third-order valence-electron chi connectivity index (χ3n) is 4.04. The second-order valence-corrected chi connectivity index (χ2v) is 5.19. The summed E-state index contributed by atoms with van der Waals surface area (Å²) in [6.45, 7) is 7.94. The predicted octanol–water partition coefficient (Wildman–Crippen LogP) is 2.80. The minimum Gasteiger partial charge on any atom is -0.507 e. The van der Waals surface area contributed by atoms with E-state index in [2.05, 4.69) is 0 Å². The van der Waals surface area contributed by atoms with Crippen molar-refractivity contribution in [3.8, 4) is 5.75 Å². The van der Waals surface area contributed by atoms with Gasteiger partial charge in [-0.3, -0.25) is 4.79 Å². The molecule has 0 fully saturated rings. The zero-order chi connectivity index (χ0) is 14.9. The summed E-state index contributed by atoms with van der Waals surface area (Å²) in [6, 6.07) is 5.67. The summed E-state index contributed by atoms with van der Waals surface area (Å²) in [5, 5.41) is 10.3. The summed E-state index contributed by atoms with van der Waals surface area (Å²) < 4.78 is 1.81. The number of hydrogen-bond acceptors (Lipinski definition) is 2. The van der Waals surface area contributed by atoms with E-state index >= 15 is 0 Å². The van der Waals surface area contributed by atoms with Crippen LogP contribution in [-0.4, -0.2) is 10.9 Å². The number of carbonyl (C=O) groups is 1. The molecule has 0 bridgehead atoms. The molecule has 1 aromatic heterocycles. The van der Waals surface area contributed by atoms with Crippen LogP contribution >= 0.6 is 0 Å². The fourth-order valence-electron chi connectivity index (χ4n) is 2.42. The molecule has 0 amide bonds. The largest absolute Gasteiger partial charge is 0.507 e. The average Bonchev–Trinajstić information content (AvgIpc) is 2.44. The molecule has 3 heteroatoms. The highest BCUT2D eigenvalue weighted by atomic mass is 16.3. The van der Waals surface area contributed by atoms with Gasteiger partial charge in [-0.25, -0.2) is 0 Å². The zero-order valence-electron chi connectivity index (χ0n) is 12.4. The highest BCUT2D eigenvalue weighted by Gasteiger charge is 2.22. The molecule has 0 aliphatic carbocycles. The molecule has 0 aliphatic rings. The number of hydrogen-bond donors (Lipinski definition) is 1. The number of aromatic nitrogens is 1. The second-order valence-electron chi connectivity index (χ2n) is 5.19. The van der Waals surface area contributed by atoms with E-state index in [0.29, 0.717) is 5.56 Å². The monoisotopic (exact) mass is 270 g/mol. The van der Waals surface area contributed by atoms with Crippen LogP contribution in [0.3, 0.4) is 0 Å². The van der Waals surface area contributed by atoms with E-state index in [1.165, 1.54) is 0 Å². The fourth-order valence-corrected chi connectivity index (χ4v) is 2.42. The molecule has 104 valence electrons. The minimum absolute atomic E-state index is 0.0672. The molecular weight excluding hydrogens is 250 g/mol. The molecule has 0 aliphatic heterocycles. The molecule has 1 N–H and O–H groups in total. The summed E-state index contributed by atoms with van der Waals surface area (Å²) in [7, 11) is 0. The molecule has 1 heterocycles. The number of phenolic OH excluding ortho intramolecular Hbond substituents is 1. The van der Waals surface area contributed by atoms with Crippen molar-refractivity contribution in [2.45, 2.75) is 34.2 Å². The van der Waals surface area contributed by atoms with Gasteiger partial charge in [-0.1, -0.05) is 6.07 Å². The predicted molar refractivity (Wildman–Crippen MR) is 78.0 cm³/mol. The Bertz CT molecular complexity index is 631. The molecule has 0 radical (unpaired) electrons. The Morgan fingerprint density at radius 3 is 2.10 bits per heavy atom. The van der Waals surface area contributed by atoms with E-state index in [1.807, 2.05) is 62.9 Å². The highest BCUT2D eigenvalue weighted by molar-refractivity contribution is 6.00. The maximum atomic E-state index is 12.5. The van der Waals surface area contributed by atoms with Crippen LogP contribution in [0.2, 0.25) is 0 Å². The Morgan fingerprint density at radius 2 is 1.50 bits per heavy atom. The number of aromatic hydroxyl groups is 1. The van der Waals surface area contributed by atoms with Crippen LogP contribution in [0.25, 0.3) is 0 Å². The van der Waals surface area contributed by atoms with Gasteiger partial charge in [-0.2, -0.15) is 4.57 Å². The quantitative estimate of drug-likeness (QED) is 0.688. The summed E-state index contributed by atoms with van der Waals surface area (Å²) >= 11 is 0. The summed E-state index contributed by atoms with van der Waals surface area (Å²) in [6.07, 6.45) is 3.69. The van der Waals surface area contributed by atoms with Crippen molar-refractivity contribution in [3.63, 3.8) is 0 Å². The third kappa shape index (κ3) is 2.44. The van der Waals surface area contributed by atoms with E-state index in [9.17, 15) is 9.90 Å². The van der Waals surface area contributed by atoms with Gasteiger partial charge >= 0.3 is 0 Å². The molecule has 20 heavy (non-hydrogen) atoms. The molecule has 0 saturated carbocycles. The molecular formula is C17H20NO2+. The number of carbonyl (C=O) groups excluding carboxylic acids is 1. The van der Waals surface area contributed by atoms with Gasteiger partial charge in [0.05, 0.1) is 5.56 Å². The van der Waals surface area contributed by atoms with Crippen LogP contribution in [0.15, 0.2) is 30.6 Å². The number of Topliss-reactive ketones (excluding diaryl/α,β-unsaturated/α-hetero) is 1. The molecule has 0 atom stereocenters. The fraction of sp³-hybridized carbons (Fsp3) is 0.294. The van der Waals surface area contributed by atoms with Crippen LogP contribution in [0, 0.1) is 27.7 Å². The smallest absolute Gasteiger partial charge is 0.231 e. The van der Waals surface area contributed by atoms with Gasteiger partial charge in [0.15, 0.2) is 12.4 Å². The van der Waals surface area contributed by atoms with E-state index in [1.54, 1.807) is 0 Å². The minimum atomic E-state index is -0.0672. The van der Waals surface area contributed by atoms with Gasteiger partial charge in [0, 0.05) is 12.1 Å². The number of rotatable bonds is 3. The number of ketones is 1. The Balaban J connectivity index is 2.45. The average molecular weight is 270 g/mol. The van der Waals surface area contributed by atoms with Crippen molar-refractivity contribution in [3.05, 3.63) is 58.4 Å². The highest BCUT2D eigenvalue weighted by Crippen LogP contribution is 2.31. The van der Waals surface area contributed by atoms with E-state index < -0.39 is 0 Å². The number of phenols is 1. The first-order valence-corrected chi connectivity index (χ1v) is 6.70. The van der Waals surface area contributed by atoms with Crippen molar-refractivity contribution in [1.82, 2.24) is 0 Å². The van der Waals surface area contributed by atoms with Crippen molar-refractivity contribution in [2.75, 3.05) is 0 Å². The van der Waals surface area contributed by atoms with Crippen LogP contribution in [0.1, 0.15) is 32.6 Å². The van der Waals surface area contributed by atoms with E-state index in [4.69, 9.17) is 0 Å². The van der Waals surface area contributed by atoms with Crippen LogP contribution in [-0.2, 0) is 6.54 Å². The first-order chi connectivity index (χ1) is 9.43. The number of pyridine rings is 1. The summed E-state index contributed by atoms with van der Waals surface area (Å²) in [4.78, 5) is 12.5. The van der Waals surface area contributed by atoms with Crippen molar-refractivity contribution in [2.24, 2.45) is 0 Å². The first kappa shape index (κ1) is 14.3. The van der Waals surface area contributed by atoms with E-state index in [-0.39, 0.29) is 18.1 Å². The lowest BCUT2D eigenvalue weighted by Gasteiger charge is -2.15. The van der Waals surface area contributed by atoms with Gasteiger partial charge in [0.1, 0.15) is 5.75 Å². The lowest BCUT2D eigenvalue weighted by atomic mass is 9.91. The molecule has 2 rings (SSSR count). The second kappa shape index (κ2) is 5.45. The molecule has 0 unspecified atom stereocenters. The SMILES string of the molecule is Cc1c(C)c(C)c(C(=O)C[n+]2ccccc2)c(O)c1C. The Hall–Kier alpha value is -2.16. The van der Waals surface area contributed by atoms with Crippen molar-refractivity contribution < 1.29 is 14.5 Å². The lowest BCUT2D eigenvalue weighted by molar-refractivity contribution is -0.683.